The van der Waals surface area contributed by atoms with Gasteiger partial charge in [0.15, 0.2) is 0 Å². The molecule has 0 spiro atoms. The van der Waals surface area contributed by atoms with E-state index >= 15 is 0 Å². The van der Waals surface area contributed by atoms with Crippen LogP contribution in [0.4, 0.5) is 4.39 Å². The molecule has 0 saturated carbocycles. The molecule has 0 radical (unpaired) electrons. The molecule has 0 fully saturated rings. The summed E-state index contributed by atoms with van der Waals surface area (Å²) in [6.07, 6.45) is 1.14. The van der Waals surface area contributed by atoms with E-state index in [-0.39, 0.29) is 11.1 Å². The number of aromatic nitrogens is 1. The van der Waals surface area contributed by atoms with E-state index in [1.807, 2.05) is 0 Å². The first-order chi connectivity index (χ1) is 7.11. The number of fused-ring (bicyclic) bond motifs is 1. The van der Waals surface area contributed by atoms with Crippen LogP contribution in [0.25, 0.3) is 10.9 Å². The number of carboxylic acids is 1. The summed E-state index contributed by atoms with van der Waals surface area (Å²) in [5.41, 5.74) is 0.183. The van der Waals surface area contributed by atoms with Crippen LogP contribution in [0, 0.1) is 5.82 Å². The smallest absolute Gasteiger partial charge is 0.338 e. The van der Waals surface area contributed by atoms with Crippen molar-refractivity contribution in [3.8, 4) is 0 Å². The molecule has 0 atom stereocenters. The van der Waals surface area contributed by atoms with E-state index < -0.39 is 11.8 Å². The Morgan fingerprint density at radius 2 is 2.20 bits per heavy atom. The number of carboxylic acid groups (broad SMARTS) is 1. The lowest BCUT2D eigenvalue weighted by Gasteiger charge is -2.03. The van der Waals surface area contributed by atoms with Crippen LogP contribution in [-0.2, 0) is 0 Å². The van der Waals surface area contributed by atoms with Gasteiger partial charge in [0.25, 0.3) is 0 Å². The number of hydrogen-bond donors (Lipinski definition) is 1. The fraction of sp³-hybridized carbons (Fsp3) is 0. The minimum absolute atomic E-state index is 0.0214. The summed E-state index contributed by atoms with van der Waals surface area (Å²) >= 11 is 3.13. The van der Waals surface area contributed by atoms with Gasteiger partial charge in [-0.1, -0.05) is 12.1 Å². The summed E-state index contributed by atoms with van der Waals surface area (Å²) in [5, 5.41) is 9.28. The molecule has 0 aliphatic carbocycles. The first-order valence-corrected chi connectivity index (χ1v) is 4.86. The van der Waals surface area contributed by atoms with Crippen molar-refractivity contribution in [1.82, 2.24) is 4.98 Å². The maximum atomic E-state index is 13.3. The highest BCUT2D eigenvalue weighted by molar-refractivity contribution is 9.10. The van der Waals surface area contributed by atoms with E-state index in [4.69, 9.17) is 5.11 Å². The molecule has 0 aliphatic rings. The van der Waals surface area contributed by atoms with Crippen LogP contribution in [0.1, 0.15) is 10.4 Å². The molecule has 0 amide bonds. The van der Waals surface area contributed by atoms with Gasteiger partial charge in [0.2, 0.25) is 0 Å². The lowest BCUT2D eigenvalue weighted by Crippen LogP contribution is -2.00. The Morgan fingerprint density at radius 1 is 1.47 bits per heavy atom. The van der Waals surface area contributed by atoms with Crippen LogP contribution >= 0.6 is 15.9 Å². The van der Waals surface area contributed by atoms with Crippen molar-refractivity contribution in [1.29, 1.82) is 0 Å². The van der Waals surface area contributed by atoms with Crippen molar-refractivity contribution >= 4 is 32.8 Å². The van der Waals surface area contributed by atoms with Gasteiger partial charge in [0.1, 0.15) is 11.3 Å². The highest BCUT2D eigenvalue weighted by Crippen LogP contribution is 2.27. The zero-order valence-corrected chi connectivity index (χ0v) is 8.95. The van der Waals surface area contributed by atoms with Gasteiger partial charge >= 0.3 is 5.97 Å². The number of pyridine rings is 1. The molecule has 0 aliphatic heterocycles. The quantitative estimate of drug-likeness (QED) is 0.866. The highest BCUT2D eigenvalue weighted by Gasteiger charge is 2.13. The average molecular weight is 270 g/mol. The van der Waals surface area contributed by atoms with Gasteiger partial charge in [0.05, 0.1) is 5.56 Å². The van der Waals surface area contributed by atoms with E-state index in [0.29, 0.717) is 9.86 Å². The minimum atomic E-state index is -1.10. The zero-order chi connectivity index (χ0) is 11.0. The lowest BCUT2D eigenvalue weighted by molar-refractivity contribution is 0.0695. The van der Waals surface area contributed by atoms with Crippen molar-refractivity contribution < 1.29 is 14.3 Å². The summed E-state index contributed by atoms with van der Waals surface area (Å²) in [5.74, 6) is -1.56. The summed E-state index contributed by atoms with van der Waals surface area (Å²) < 4.78 is 13.6. The molecule has 1 heterocycles. The fourth-order valence-corrected chi connectivity index (χ4v) is 1.90. The molecule has 2 aromatic rings. The fourth-order valence-electron chi connectivity index (χ4n) is 1.30. The van der Waals surface area contributed by atoms with Gasteiger partial charge in [-0.05, 0) is 22.0 Å². The van der Waals surface area contributed by atoms with Crippen LogP contribution in [-0.4, -0.2) is 16.1 Å². The second-order valence-electron chi connectivity index (χ2n) is 2.93. The molecule has 2 rings (SSSR count). The van der Waals surface area contributed by atoms with Gasteiger partial charge in [-0.2, -0.15) is 0 Å². The summed E-state index contributed by atoms with van der Waals surface area (Å²) in [6, 6.07) is 4.40. The molecule has 1 aromatic heterocycles. The Hall–Kier alpha value is -1.49. The van der Waals surface area contributed by atoms with E-state index in [9.17, 15) is 9.18 Å². The molecule has 15 heavy (non-hydrogen) atoms. The van der Waals surface area contributed by atoms with Gasteiger partial charge in [-0.3, -0.25) is 4.98 Å². The summed E-state index contributed by atoms with van der Waals surface area (Å²) in [7, 11) is 0. The molecule has 0 bridgehead atoms. The number of rotatable bonds is 1. The summed E-state index contributed by atoms with van der Waals surface area (Å²) in [4.78, 5) is 14.6. The second-order valence-corrected chi connectivity index (χ2v) is 3.72. The van der Waals surface area contributed by atoms with Gasteiger partial charge in [0, 0.05) is 16.1 Å². The topological polar surface area (TPSA) is 50.2 Å². The Labute approximate surface area is 92.7 Å². The van der Waals surface area contributed by atoms with Crippen molar-refractivity contribution in [2.75, 3.05) is 0 Å². The van der Waals surface area contributed by atoms with Gasteiger partial charge in [-0.25, -0.2) is 9.18 Å². The number of hydrogen-bond acceptors (Lipinski definition) is 2. The standard InChI is InChI=1S/C10H5BrFNO2/c11-8-5-2-1-3-7(12)9(5)13-4-6(8)10(14)15/h1-4H,(H,14,15). The molecule has 0 saturated heterocycles. The monoisotopic (exact) mass is 269 g/mol. The second kappa shape index (κ2) is 3.58. The van der Waals surface area contributed by atoms with Crippen molar-refractivity contribution in [3.63, 3.8) is 0 Å². The van der Waals surface area contributed by atoms with Gasteiger partial charge in [-0.15, -0.1) is 0 Å². The molecule has 1 N–H and O–H groups in total. The first-order valence-electron chi connectivity index (χ1n) is 4.07. The van der Waals surface area contributed by atoms with Crippen LogP contribution in [0.3, 0.4) is 0 Å². The Bertz CT molecular complexity index is 556. The van der Waals surface area contributed by atoms with E-state index in [2.05, 4.69) is 20.9 Å². The number of halogens is 2. The maximum Gasteiger partial charge on any atom is 0.338 e. The van der Waals surface area contributed by atoms with Crippen LogP contribution in [0.2, 0.25) is 0 Å². The van der Waals surface area contributed by atoms with Gasteiger partial charge < -0.3 is 5.11 Å². The third-order valence-electron chi connectivity index (χ3n) is 2.01. The molecule has 1 aromatic carbocycles. The first kappa shape index (κ1) is 10.0. The SMILES string of the molecule is O=C(O)c1cnc2c(F)cccc2c1Br. The molecular weight excluding hydrogens is 265 g/mol. The lowest BCUT2D eigenvalue weighted by atomic mass is 10.1. The van der Waals surface area contributed by atoms with Crippen LogP contribution in [0.5, 0.6) is 0 Å². The summed E-state index contributed by atoms with van der Waals surface area (Å²) in [6.45, 7) is 0. The predicted molar refractivity (Wildman–Crippen MR) is 56.4 cm³/mol. The number of aromatic carboxylic acids is 1. The Balaban J connectivity index is 2.86. The van der Waals surface area contributed by atoms with E-state index in [1.54, 1.807) is 6.07 Å². The van der Waals surface area contributed by atoms with Crippen LogP contribution < -0.4 is 0 Å². The molecule has 3 nitrogen and oxygen atoms in total. The molecule has 76 valence electrons. The predicted octanol–water partition coefficient (Wildman–Crippen LogP) is 2.83. The number of benzene rings is 1. The third kappa shape index (κ3) is 1.59. The van der Waals surface area contributed by atoms with E-state index in [0.717, 1.165) is 6.20 Å². The largest absolute Gasteiger partial charge is 0.478 e. The van der Waals surface area contributed by atoms with Crippen molar-refractivity contribution in [2.24, 2.45) is 0 Å². The van der Waals surface area contributed by atoms with E-state index in [1.165, 1.54) is 12.1 Å². The number of carbonyl (C=O) groups is 1. The number of para-hydroxylation sites is 1. The Kier molecular flexibility index (Phi) is 2.40. The normalized spacial score (nSPS) is 10.5. The minimum Gasteiger partial charge on any atom is -0.478 e. The zero-order valence-electron chi connectivity index (χ0n) is 7.37. The molecule has 0 unspecified atom stereocenters. The van der Waals surface area contributed by atoms with Crippen molar-refractivity contribution in [3.05, 3.63) is 40.2 Å². The molecular formula is C10H5BrFNO2. The van der Waals surface area contributed by atoms with Crippen molar-refractivity contribution in [2.45, 2.75) is 0 Å². The Morgan fingerprint density at radius 3 is 2.87 bits per heavy atom. The number of nitrogens with zero attached hydrogens (tertiary/aromatic N) is 1. The third-order valence-corrected chi connectivity index (χ3v) is 2.87. The molecule has 5 heteroatoms. The average Bonchev–Trinajstić information content (AvgIpc) is 2.19. The highest BCUT2D eigenvalue weighted by atomic mass is 79.9. The maximum absolute atomic E-state index is 13.3. The van der Waals surface area contributed by atoms with Crippen LogP contribution in [0.15, 0.2) is 28.9 Å².